The number of amides is 1. The standard InChI is InChI=1S/C32H38N2O2/c1-4-6-27-16-25-17-28(36-3)11-12-29(25)31(34(27)30(35)5-2)24-7-9-26(10-8-24)33-32-18-21-13-22(19-32)15-23(14-21)20-32/h2,7-12,17,21-23,27,31,33H,4,6,13-16,18-20H2,1,3H3/t21?,22?,23?,27-,31+,32?/m0/s1. The number of benzene rings is 2. The molecule has 1 aliphatic heterocycles. The topological polar surface area (TPSA) is 41.6 Å². The summed E-state index contributed by atoms with van der Waals surface area (Å²) in [5.74, 6) is 5.80. The molecule has 0 aromatic heterocycles. The van der Waals surface area contributed by atoms with Gasteiger partial charge in [-0.2, -0.15) is 0 Å². The molecule has 0 unspecified atom stereocenters. The molecule has 2 aromatic carbocycles. The molecule has 5 aliphatic rings. The van der Waals surface area contributed by atoms with E-state index in [-0.39, 0.29) is 23.5 Å². The average molecular weight is 483 g/mol. The first-order chi connectivity index (χ1) is 17.5. The molecule has 4 nitrogen and oxygen atoms in total. The lowest BCUT2D eigenvalue weighted by Crippen LogP contribution is -2.54. The van der Waals surface area contributed by atoms with E-state index in [1.54, 1.807) is 7.11 Å². The number of hydrogen-bond donors (Lipinski definition) is 1. The van der Waals surface area contributed by atoms with Gasteiger partial charge >= 0.3 is 0 Å². The predicted octanol–water partition coefficient (Wildman–Crippen LogP) is 6.35. The smallest absolute Gasteiger partial charge is 0.299 e. The summed E-state index contributed by atoms with van der Waals surface area (Å²) in [6, 6.07) is 15.0. The Hall–Kier alpha value is -2.93. The third kappa shape index (κ3) is 4.07. The quantitative estimate of drug-likeness (QED) is 0.488. The van der Waals surface area contributed by atoms with Gasteiger partial charge < -0.3 is 15.0 Å². The number of anilines is 1. The van der Waals surface area contributed by atoms with Crippen molar-refractivity contribution >= 4 is 11.6 Å². The molecule has 2 atom stereocenters. The highest BCUT2D eigenvalue weighted by atomic mass is 16.5. The molecule has 4 bridgehead atoms. The van der Waals surface area contributed by atoms with Crippen molar-refractivity contribution in [3.63, 3.8) is 0 Å². The number of carbonyl (C=O) groups excluding carboxylic acids is 1. The van der Waals surface area contributed by atoms with Crippen molar-refractivity contribution in [1.29, 1.82) is 0 Å². The Kier molecular flexibility index (Phi) is 5.98. The van der Waals surface area contributed by atoms with Gasteiger partial charge in [0.05, 0.1) is 13.2 Å². The van der Waals surface area contributed by atoms with Crippen LogP contribution in [0.4, 0.5) is 5.69 Å². The van der Waals surface area contributed by atoms with E-state index in [4.69, 9.17) is 11.2 Å². The summed E-state index contributed by atoms with van der Waals surface area (Å²) in [7, 11) is 1.70. The highest BCUT2D eigenvalue weighted by Crippen LogP contribution is 2.56. The Balaban J connectivity index is 1.32. The van der Waals surface area contributed by atoms with E-state index in [1.165, 1.54) is 49.8 Å². The lowest BCUT2D eigenvalue weighted by molar-refractivity contribution is -0.130. The van der Waals surface area contributed by atoms with E-state index >= 15 is 0 Å². The van der Waals surface area contributed by atoms with E-state index in [0.29, 0.717) is 0 Å². The normalized spacial score (nSPS) is 32.0. The molecule has 188 valence electrons. The minimum Gasteiger partial charge on any atom is -0.497 e. The fraction of sp³-hybridized carbons (Fsp3) is 0.531. The van der Waals surface area contributed by atoms with Gasteiger partial charge in [-0.3, -0.25) is 4.79 Å². The number of carbonyl (C=O) groups is 1. The van der Waals surface area contributed by atoms with Crippen molar-refractivity contribution in [3.05, 3.63) is 59.2 Å². The summed E-state index contributed by atoms with van der Waals surface area (Å²) in [4.78, 5) is 15.1. The lowest BCUT2D eigenvalue weighted by atomic mass is 9.53. The second-order valence-electron chi connectivity index (χ2n) is 11.9. The summed E-state index contributed by atoms with van der Waals surface area (Å²) in [5.41, 5.74) is 4.98. The van der Waals surface area contributed by atoms with Crippen LogP contribution in [0.3, 0.4) is 0 Å². The zero-order valence-electron chi connectivity index (χ0n) is 21.6. The highest BCUT2D eigenvalue weighted by Gasteiger charge is 2.51. The maximum Gasteiger partial charge on any atom is 0.299 e. The number of nitrogens with zero attached hydrogens (tertiary/aromatic N) is 1. The lowest BCUT2D eigenvalue weighted by Gasteiger charge is -2.57. The third-order valence-electron chi connectivity index (χ3n) is 9.43. The minimum absolute atomic E-state index is 0.0768. The molecular weight excluding hydrogens is 444 g/mol. The van der Waals surface area contributed by atoms with Crippen LogP contribution in [-0.2, 0) is 11.2 Å². The van der Waals surface area contributed by atoms with Crippen LogP contribution < -0.4 is 10.1 Å². The summed E-state index contributed by atoms with van der Waals surface area (Å²) in [5, 5.41) is 4.00. The number of ether oxygens (including phenoxy) is 1. The van der Waals surface area contributed by atoms with E-state index in [9.17, 15) is 4.79 Å². The Morgan fingerprint density at radius 2 is 1.75 bits per heavy atom. The Labute approximate surface area is 215 Å². The van der Waals surface area contributed by atoms with Crippen molar-refractivity contribution in [3.8, 4) is 18.1 Å². The van der Waals surface area contributed by atoms with Crippen molar-refractivity contribution < 1.29 is 9.53 Å². The maximum atomic E-state index is 13.1. The molecule has 4 fully saturated rings. The summed E-state index contributed by atoms with van der Waals surface area (Å²) in [6.07, 6.45) is 16.7. The average Bonchev–Trinajstić information content (AvgIpc) is 2.87. The number of terminal acetylenes is 1. The molecule has 0 spiro atoms. The van der Waals surface area contributed by atoms with Gasteiger partial charge in [0, 0.05) is 17.3 Å². The van der Waals surface area contributed by atoms with Gasteiger partial charge in [-0.1, -0.05) is 31.5 Å². The number of hydrogen-bond acceptors (Lipinski definition) is 3. The number of nitrogens with one attached hydrogen (secondary N) is 1. The molecule has 4 heteroatoms. The fourth-order valence-corrected chi connectivity index (χ4v) is 8.46. The van der Waals surface area contributed by atoms with Gasteiger partial charge in [-0.05, 0) is 116 Å². The number of fused-ring (bicyclic) bond motifs is 1. The molecule has 4 aliphatic carbocycles. The van der Waals surface area contributed by atoms with Gasteiger partial charge in [0.1, 0.15) is 5.75 Å². The maximum absolute atomic E-state index is 13.1. The SMILES string of the molecule is C#CC(=O)N1[C@@H](CCC)Cc2cc(OC)ccc2[C@H]1c1ccc(NC23CC4CC(CC(C4)C2)C3)cc1. The van der Waals surface area contributed by atoms with Crippen LogP contribution in [0.2, 0.25) is 0 Å². The van der Waals surface area contributed by atoms with E-state index in [1.807, 2.05) is 11.0 Å². The van der Waals surface area contributed by atoms with Crippen LogP contribution in [0, 0.1) is 30.1 Å². The summed E-state index contributed by atoms with van der Waals surface area (Å²) < 4.78 is 5.52. The molecular formula is C32H38N2O2. The van der Waals surface area contributed by atoms with E-state index in [0.717, 1.165) is 53.9 Å². The zero-order valence-corrected chi connectivity index (χ0v) is 21.6. The molecule has 0 saturated heterocycles. The molecule has 36 heavy (non-hydrogen) atoms. The van der Waals surface area contributed by atoms with Gasteiger partial charge in [0.25, 0.3) is 5.91 Å². The first-order valence-corrected chi connectivity index (χ1v) is 13.8. The second-order valence-corrected chi connectivity index (χ2v) is 11.9. The number of rotatable bonds is 6. The first-order valence-electron chi connectivity index (χ1n) is 13.8. The number of methoxy groups -OCH3 is 1. The predicted molar refractivity (Wildman–Crippen MR) is 144 cm³/mol. The molecule has 1 amide bonds. The van der Waals surface area contributed by atoms with Crippen LogP contribution in [0.5, 0.6) is 5.75 Å². The van der Waals surface area contributed by atoms with Crippen LogP contribution in [0.1, 0.15) is 81.0 Å². The molecule has 4 saturated carbocycles. The Morgan fingerprint density at radius 1 is 1.08 bits per heavy atom. The monoisotopic (exact) mass is 482 g/mol. The summed E-state index contributed by atoms with van der Waals surface area (Å²) >= 11 is 0. The fourth-order valence-electron chi connectivity index (χ4n) is 8.46. The van der Waals surface area contributed by atoms with Crippen molar-refractivity contribution in [2.24, 2.45) is 17.8 Å². The van der Waals surface area contributed by atoms with Gasteiger partial charge in [0.2, 0.25) is 0 Å². The zero-order chi connectivity index (χ0) is 24.9. The minimum atomic E-state index is -0.226. The van der Waals surface area contributed by atoms with E-state index in [2.05, 4.69) is 54.6 Å². The summed E-state index contributed by atoms with van der Waals surface area (Å²) in [6.45, 7) is 2.17. The first kappa shape index (κ1) is 23.5. The van der Waals surface area contributed by atoms with E-state index < -0.39 is 0 Å². The second kappa shape index (κ2) is 9.18. The van der Waals surface area contributed by atoms with Crippen molar-refractivity contribution in [2.75, 3.05) is 12.4 Å². The largest absolute Gasteiger partial charge is 0.497 e. The van der Waals surface area contributed by atoms with Crippen molar-refractivity contribution in [1.82, 2.24) is 4.90 Å². The molecule has 7 rings (SSSR count). The van der Waals surface area contributed by atoms with Crippen LogP contribution in [0.15, 0.2) is 42.5 Å². The van der Waals surface area contributed by atoms with Crippen LogP contribution in [-0.4, -0.2) is 29.5 Å². The van der Waals surface area contributed by atoms with Crippen molar-refractivity contribution in [2.45, 2.75) is 82.3 Å². The molecule has 1 heterocycles. The molecule has 0 radical (unpaired) electrons. The Bertz CT molecular complexity index is 1140. The van der Waals surface area contributed by atoms with Crippen LogP contribution in [0.25, 0.3) is 0 Å². The third-order valence-corrected chi connectivity index (χ3v) is 9.43. The Morgan fingerprint density at radius 3 is 2.33 bits per heavy atom. The van der Waals surface area contributed by atoms with Gasteiger partial charge in [-0.15, -0.1) is 6.42 Å². The molecule has 1 N–H and O–H groups in total. The van der Waals surface area contributed by atoms with Gasteiger partial charge in [0.15, 0.2) is 0 Å². The van der Waals surface area contributed by atoms with Gasteiger partial charge in [-0.25, -0.2) is 0 Å². The molecule has 2 aromatic rings. The highest BCUT2D eigenvalue weighted by molar-refractivity contribution is 5.94. The van der Waals surface area contributed by atoms with Crippen LogP contribution >= 0.6 is 0 Å².